The summed E-state index contributed by atoms with van der Waals surface area (Å²) < 4.78 is 45.1. The average Bonchev–Trinajstić information content (AvgIpc) is 2.47. The highest BCUT2D eigenvalue weighted by molar-refractivity contribution is 5.75. The molecule has 2 rings (SSSR count). The molecule has 0 radical (unpaired) electrons. The molecule has 2 aromatic carbocycles. The van der Waals surface area contributed by atoms with Crippen LogP contribution < -0.4 is 4.74 Å². The van der Waals surface area contributed by atoms with E-state index < -0.39 is 18.4 Å². The second-order valence-corrected chi connectivity index (χ2v) is 4.65. The molecule has 0 amide bonds. The van der Waals surface area contributed by atoms with Crippen LogP contribution in [-0.4, -0.2) is 24.5 Å². The Morgan fingerprint density at radius 1 is 1.09 bits per heavy atom. The molecule has 4 nitrogen and oxygen atoms in total. The molecule has 7 heteroatoms. The number of ether oxygens (including phenoxy) is 2. The van der Waals surface area contributed by atoms with Gasteiger partial charge in [-0.05, 0) is 34.9 Å². The smallest absolute Gasteiger partial charge is 0.479 e. The fourth-order valence-electron chi connectivity index (χ4n) is 2.11. The molecule has 0 aliphatic rings. The lowest BCUT2D eigenvalue weighted by Crippen LogP contribution is -2.16. The maximum Gasteiger partial charge on any atom is 0.573 e. The maximum absolute atomic E-state index is 12.1. The van der Waals surface area contributed by atoms with Crippen molar-refractivity contribution in [1.29, 1.82) is 0 Å². The number of hydrogen-bond acceptors (Lipinski definition) is 3. The van der Waals surface area contributed by atoms with Crippen molar-refractivity contribution >= 4 is 5.97 Å². The van der Waals surface area contributed by atoms with Crippen LogP contribution in [0.4, 0.5) is 13.2 Å². The minimum absolute atomic E-state index is 0.322. The van der Waals surface area contributed by atoms with Crippen molar-refractivity contribution in [1.82, 2.24) is 0 Å². The quantitative estimate of drug-likeness (QED) is 0.901. The first kappa shape index (κ1) is 16.8. The lowest BCUT2D eigenvalue weighted by Gasteiger charge is -2.13. The van der Waals surface area contributed by atoms with Crippen molar-refractivity contribution in [3.05, 3.63) is 54.1 Å². The number of methoxy groups -OCH3 is 1. The molecule has 0 aliphatic carbocycles. The highest BCUT2D eigenvalue weighted by Crippen LogP contribution is 2.28. The van der Waals surface area contributed by atoms with Crippen LogP contribution >= 0.6 is 0 Å². The van der Waals surface area contributed by atoms with Gasteiger partial charge in [0, 0.05) is 7.11 Å². The number of benzene rings is 2. The van der Waals surface area contributed by atoms with E-state index in [1.165, 1.54) is 31.4 Å². The molecule has 122 valence electrons. The molecule has 0 aliphatic heterocycles. The van der Waals surface area contributed by atoms with Gasteiger partial charge in [-0.2, -0.15) is 0 Å². The zero-order valence-electron chi connectivity index (χ0n) is 12.0. The number of carboxylic acids is 1. The van der Waals surface area contributed by atoms with Gasteiger partial charge >= 0.3 is 12.3 Å². The summed E-state index contributed by atoms with van der Waals surface area (Å²) in [4.78, 5) is 11.1. The Hall–Kier alpha value is -2.54. The van der Waals surface area contributed by atoms with E-state index in [2.05, 4.69) is 4.74 Å². The molecular formula is C16H13F3O4. The van der Waals surface area contributed by atoms with Gasteiger partial charge in [-0.15, -0.1) is 13.2 Å². The summed E-state index contributed by atoms with van der Waals surface area (Å²) in [6.07, 6.45) is -5.85. The van der Waals surface area contributed by atoms with Gasteiger partial charge < -0.3 is 14.6 Å². The molecule has 0 aromatic heterocycles. The number of halogens is 3. The average molecular weight is 326 g/mol. The van der Waals surface area contributed by atoms with Gasteiger partial charge in [-0.25, -0.2) is 4.79 Å². The van der Waals surface area contributed by atoms with Gasteiger partial charge in [0.15, 0.2) is 6.10 Å². The first-order valence-electron chi connectivity index (χ1n) is 6.52. The number of hydrogen-bond donors (Lipinski definition) is 1. The van der Waals surface area contributed by atoms with Gasteiger partial charge in [-0.3, -0.25) is 0 Å². The molecule has 0 heterocycles. The minimum Gasteiger partial charge on any atom is -0.479 e. The van der Waals surface area contributed by atoms with Gasteiger partial charge in [0.25, 0.3) is 0 Å². The molecule has 1 unspecified atom stereocenters. The second kappa shape index (κ2) is 6.70. The van der Waals surface area contributed by atoms with E-state index in [-0.39, 0.29) is 5.75 Å². The largest absolute Gasteiger partial charge is 0.573 e. The standard InChI is InChI=1S/C16H13F3O4/c1-22-14(15(20)21)12-4-2-3-11(9-12)10-5-7-13(8-6-10)23-16(17,18)19/h2-9,14H,1H3,(H,20,21). The van der Waals surface area contributed by atoms with E-state index in [4.69, 9.17) is 9.84 Å². The van der Waals surface area contributed by atoms with E-state index in [0.717, 1.165) is 0 Å². The van der Waals surface area contributed by atoms with Crippen molar-refractivity contribution in [2.24, 2.45) is 0 Å². The SMILES string of the molecule is COC(C(=O)O)c1cccc(-c2ccc(OC(F)(F)F)cc2)c1. The maximum atomic E-state index is 12.1. The highest BCUT2D eigenvalue weighted by atomic mass is 19.4. The Labute approximate surface area is 130 Å². The molecule has 0 spiro atoms. The third-order valence-electron chi connectivity index (χ3n) is 3.07. The molecular weight excluding hydrogens is 313 g/mol. The highest BCUT2D eigenvalue weighted by Gasteiger charge is 2.31. The number of carboxylic acid groups (broad SMARTS) is 1. The molecule has 0 saturated carbocycles. The van der Waals surface area contributed by atoms with Crippen molar-refractivity contribution in [3.8, 4) is 16.9 Å². The third-order valence-corrected chi connectivity index (χ3v) is 3.07. The van der Waals surface area contributed by atoms with Gasteiger partial charge in [-0.1, -0.05) is 30.3 Å². The minimum atomic E-state index is -4.74. The summed E-state index contributed by atoms with van der Waals surface area (Å²) in [7, 11) is 1.29. The summed E-state index contributed by atoms with van der Waals surface area (Å²) in [5.41, 5.74) is 1.72. The Bertz CT molecular complexity index is 680. The lowest BCUT2D eigenvalue weighted by atomic mass is 10.0. The fourth-order valence-corrected chi connectivity index (χ4v) is 2.11. The van der Waals surface area contributed by atoms with Gasteiger partial charge in [0.05, 0.1) is 0 Å². The predicted molar refractivity (Wildman–Crippen MR) is 75.9 cm³/mol. The number of alkyl halides is 3. The van der Waals surface area contributed by atoms with E-state index in [9.17, 15) is 18.0 Å². The molecule has 1 atom stereocenters. The summed E-state index contributed by atoms with van der Waals surface area (Å²) in [6, 6.07) is 11.9. The summed E-state index contributed by atoms with van der Waals surface area (Å²) in [5.74, 6) is -1.45. The normalized spacial score (nSPS) is 12.7. The number of rotatable bonds is 5. The molecule has 0 fully saturated rings. The molecule has 2 aromatic rings. The molecule has 0 bridgehead atoms. The van der Waals surface area contributed by atoms with E-state index >= 15 is 0 Å². The van der Waals surface area contributed by atoms with Crippen LogP contribution in [0.5, 0.6) is 5.75 Å². The first-order valence-corrected chi connectivity index (χ1v) is 6.52. The van der Waals surface area contributed by atoms with Crippen molar-refractivity contribution in [3.63, 3.8) is 0 Å². The van der Waals surface area contributed by atoms with Gasteiger partial charge in [0.1, 0.15) is 5.75 Å². The lowest BCUT2D eigenvalue weighted by molar-refractivity contribution is -0.274. The zero-order valence-corrected chi connectivity index (χ0v) is 12.0. The van der Waals surface area contributed by atoms with Crippen LogP contribution in [0.1, 0.15) is 11.7 Å². The Balaban J connectivity index is 2.27. The predicted octanol–water partition coefficient (Wildman–Crippen LogP) is 4.02. The summed E-state index contributed by atoms with van der Waals surface area (Å²) in [5, 5.41) is 9.08. The van der Waals surface area contributed by atoms with E-state index in [1.807, 2.05) is 0 Å². The van der Waals surface area contributed by atoms with Crippen LogP contribution in [0.3, 0.4) is 0 Å². The van der Waals surface area contributed by atoms with Crippen molar-refractivity contribution < 1.29 is 32.5 Å². The van der Waals surface area contributed by atoms with Crippen LogP contribution in [0.15, 0.2) is 48.5 Å². The molecule has 0 saturated heterocycles. The Morgan fingerprint density at radius 2 is 1.74 bits per heavy atom. The summed E-state index contributed by atoms with van der Waals surface area (Å²) >= 11 is 0. The summed E-state index contributed by atoms with van der Waals surface area (Å²) in [6.45, 7) is 0. The topological polar surface area (TPSA) is 55.8 Å². The fraction of sp³-hybridized carbons (Fsp3) is 0.188. The Morgan fingerprint density at radius 3 is 2.26 bits per heavy atom. The number of carbonyl (C=O) groups is 1. The van der Waals surface area contributed by atoms with Crippen molar-refractivity contribution in [2.75, 3.05) is 7.11 Å². The third kappa shape index (κ3) is 4.46. The van der Waals surface area contributed by atoms with E-state index in [1.54, 1.807) is 24.3 Å². The van der Waals surface area contributed by atoms with Crippen LogP contribution in [0.2, 0.25) is 0 Å². The van der Waals surface area contributed by atoms with Crippen LogP contribution in [-0.2, 0) is 9.53 Å². The molecule has 23 heavy (non-hydrogen) atoms. The molecule has 1 N–H and O–H groups in total. The monoisotopic (exact) mass is 326 g/mol. The van der Waals surface area contributed by atoms with Crippen LogP contribution in [0, 0.1) is 0 Å². The number of aliphatic carboxylic acids is 1. The Kier molecular flexibility index (Phi) is 4.90. The zero-order chi connectivity index (χ0) is 17.0. The van der Waals surface area contributed by atoms with Crippen LogP contribution in [0.25, 0.3) is 11.1 Å². The first-order chi connectivity index (χ1) is 10.8. The van der Waals surface area contributed by atoms with Gasteiger partial charge in [0.2, 0.25) is 0 Å². The van der Waals surface area contributed by atoms with Crippen molar-refractivity contribution in [2.45, 2.75) is 12.5 Å². The van der Waals surface area contributed by atoms with E-state index in [0.29, 0.717) is 16.7 Å². The second-order valence-electron chi connectivity index (χ2n) is 4.65.